The van der Waals surface area contributed by atoms with Gasteiger partial charge in [-0.05, 0) is 53.3 Å². The van der Waals surface area contributed by atoms with Gasteiger partial charge >= 0.3 is 0 Å². The molecule has 3 aliphatic rings. The highest BCUT2D eigenvalue weighted by Gasteiger charge is 2.74. The van der Waals surface area contributed by atoms with Gasteiger partial charge in [0.2, 0.25) is 0 Å². The van der Waals surface area contributed by atoms with Crippen LogP contribution in [0.1, 0.15) is 42.1 Å². The highest BCUT2D eigenvalue weighted by atomic mass is 16.3. The zero-order valence-corrected chi connectivity index (χ0v) is 12.5. The van der Waals surface area contributed by atoms with E-state index in [2.05, 4.69) is 13.0 Å². The molecule has 0 aromatic heterocycles. The number of hydrogen-bond acceptors (Lipinski definition) is 3. The first-order chi connectivity index (χ1) is 10.5. The lowest BCUT2D eigenvalue weighted by molar-refractivity contribution is 0.0221. The first-order valence-electron chi connectivity index (χ1n) is 7.95. The van der Waals surface area contributed by atoms with Crippen molar-refractivity contribution in [3.63, 3.8) is 0 Å². The largest absolute Gasteiger partial charge is 0.508 e. The Labute approximate surface area is 128 Å². The van der Waals surface area contributed by atoms with Crippen LogP contribution in [0.15, 0.2) is 30.3 Å². The summed E-state index contributed by atoms with van der Waals surface area (Å²) in [7, 11) is 0. The molecular weight excluding hydrogens is 276 g/mol. The van der Waals surface area contributed by atoms with Crippen LogP contribution in [0.5, 0.6) is 5.75 Å². The number of rotatable bonds is 0. The van der Waals surface area contributed by atoms with Crippen LogP contribution < -0.4 is 0 Å². The van der Waals surface area contributed by atoms with Crippen molar-refractivity contribution in [1.29, 1.82) is 0 Å². The lowest BCUT2D eigenvalue weighted by Gasteiger charge is -2.42. The third kappa shape index (κ3) is 1.18. The number of benzene rings is 2. The molecule has 0 saturated heterocycles. The molecule has 22 heavy (non-hydrogen) atoms. The van der Waals surface area contributed by atoms with Crippen molar-refractivity contribution < 1.29 is 15.0 Å². The van der Waals surface area contributed by atoms with Gasteiger partial charge in [-0.1, -0.05) is 19.1 Å². The molecule has 112 valence electrons. The van der Waals surface area contributed by atoms with Crippen molar-refractivity contribution >= 4 is 16.6 Å². The lowest BCUT2D eigenvalue weighted by Crippen LogP contribution is -2.45. The normalized spacial score (nSPS) is 38.5. The van der Waals surface area contributed by atoms with Crippen molar-refractivity contribution in [2.75, 3.05) is 0 Å². The van der Waals surface area contributed by atoms with E-state index in [9.17, 15) is 15.0 Å². The SMILES string of the molecule is C[C@]12CC(=O)c3c(ccc4cc(O)ccc34)C13CC3CC2O. The summed E-state index contributed by atoms with van der Waals surface area (Å²) in [4.78, 5) is 12.9. The number of fused-ring (bicyclic) bond motifs is 3. The summed E-state index contributed by atoms with van der Waals surface area (Å²) in [6.07, 6.45) is 1.96. The number of phenols is 1. The van der Waals surface area contributed by atoms with Crippen LogP contribution in [0.4, 0.5) is 0 Å². The predicted octanol–water partition coefficient (Wildman–Crippen LogP) is 3.16. The Kier molecular flexibility index (Phi) is 2.04. The van der Waals surface area contributed by atoms with E-state index in [1.165, 1.54) is 0 Å². The number of carbonyl (C=O) groups excluding carboxylic acids is 1. The number of hydrogen-bond donors (Lipinski definition) is 2. The summed E-state index contributed by atoms with van der Waals surface area (Å²) >= 11 is 0. The fourth-order valence-corrected chi connectivity index (χ4v) is 5.47. The minimum atomic E-state index is -0.376. The minimum absolute atomic E-state index is 0.0122. The minimum Gasteiger partial charge on any atom is -0.508 e. The first-order valence-corrected chi connectivity index (χ1v) is 7.95. The number of Topliss-reactive ketones (excluding diaryl/α,β-unsaturated/α-hetero) is 1. The molecule has 3 heteroatoms. The van der Waals surface area contributed by atoms with Gasteiger partial charge in [-0.15, -0.1) is 0 Å². The van der Waals surface area contributed by atoms with Gasteiger partial charge in [-0.3, -0.25) is 4.79 Å². The van der Waals surface area contributed by atoms with Crippen LogP contribution in [0.2, 0.25) is 0 Å². The Bertz CT molecular complexity index is 855. The molecule has 0 aliphatic heterocycles. The molecule has 4 atom stereocenters. The van der Waals surface area contributed by atoms with E-state index in [4.69, 9.17) is 0 Å². The second-order valence-corrected chi connectivity index (χ2v) is 7.53. The predicted molar refractivity (Wildman–Crippen MR) is 83.1 cm³/mol. The topological polar surface area (TPSA) is 57.5 Å². The maximum absolute atomic E-state index is 12.9. The standard InChI is InChI=1S/C19H18O3/c1-18-9-15(21)17-13-4-3-12(20)6-10(13)2-5-14(17)19(18)8-11(19)7-16(18)22/h2-6,11,16,20,22H,7-9H2,1H3/t11?,16?,18-,19?/m1/s1. The molecule has 0 amide bonds. The maximum atomic E-state index is 12.9. The number of aliphatic hydroxyl groups excluding tert-OH is 1. The fourth-order valence-electron chi connectivity index (χ4n) is 5.47. The summed E-state index contributed by atoms with van der Waals surface area (Å²) < 4.78 is 0. The van der Waals surface area contributed by atoms with Crippen LogP contribution >= 0.6 is 0 Å². The van der Waals surface area contributed by atoms with Gasteiger partial charge in [0.15, 0.2) is 5.78 Å². The van der Waals surface area contributed by atoms with E-state index in [0.29, 0.717) is 12.3 Å². The molecule has 3 aliphatic carbocycles. The number of aromatic hydroxyl groups is 1. The van der Waals surface area contributed by atoms with Crippen molar-refractivity contribution in [3.8, 4) is 5.75 Å². The molecule has 0 radical (unpaired) electrons. The summed E-state index contributed by atoms with van der Waals surface area (Å²) in [5.74, 6) is 0.860. The molecule has 0 bridgehead atoms. The number of phenolic OH excluding ortho intramolecular Hbond substituents is 1. The maximum Gasteiger partial charge on any atom is 0.164 e. The number of ketones is 1. The summed E-state index contributed by atoms with van der Waals surface area (Å²) in [6.45, 7) is 2.09. The average molecular weight is 294 g/mol. The molecule has 0 heterocycles. The Morgan fingerprint density at radius 2 is 2.05 bits per heavy atom. The highest BCUT2D eigenvalue weighted by molar-refractivity contribution is 6.11. The average Bonchev–Trinajstić information content (AvgIpc) is 3.14. The van der Waals surface area contributed by atoms with Gasteiger partial charge in [0.05, 0.1) is 6.10 Å². The molecule has 2 saturated carbocycles. The van der Waals surface area contributed by atoms with E-state index in [-0.39, 0.29) is 28.5 Å². The van der Waals surface area contributed by atoms with Crippen LogP contribution in [-0.4, -0.2) is 22.1 Å². The number of carbonyl (C=O) groups is 1. The molecule has 2 fully saturated rings. The molecule has 1 spiro atoms. The lowest BCUT2D eigenvalue weighted by atomic mass is 9.61. The summed E-state index contributed by atoms with van der Waals surface area (Å²) in [5, 5.41) is 22.0. The molecule has 3 unspecified atom stereocenters. The van der Waals surface area contributed by atoms with Crippen molar-refractivity contribution in [2.24, 2.45) is 11.3 Å². The Hall–Kier alpha value is -1.87. The second kappa shape index (κ2) is 3.54. The van der Waals surface area contributed by atoms with E-state index >= 15 is 0 Å². The Balaban J connectivity index is 1.85. The smallest absolute Gasteiger partial charge is 0.164 e. The van der Waals surface area contributed by atoms with Crippen LogP contribution in [0.3, 0.4) is 0 Å². The van der Waals surface area contributed by atoms with Gasteiger partial charge in [0, 0.05) is 22.8 Å². The van der Waals surface area contributed by atoms with E-state index in [1.54, 1.807) is 12.1 Å². The van der Waals surface area contributed by atoms with Gasteiger partial charge in [0.25, 0.3) is 0 Å². The van der Waals surface area contributed by atoms with Crippen LogP contribution in [0.25, 0.3) is 10.8 Å². The molecule has 5 rings (SSSR count). The quantitative estimate of drug-likeness (QED) is 0.784. The monoisotopic (exact) mass is 294 g/mol. The molecule has 3 nitrogen and oxygen atoms in total. The van der Waals surface area contributed by atoms with Gasteiger partial charge in [0.1, 0.15) is 5.75 Å². The molecule has 2 aromatic rings. The van der Waals surface area contributed by atoms with Crippen LogP contribution in [0, 0.1) is 11.3 Å². The highest BCUT2D eigenvalue weighted by Crippen LogP contribution is 2.75. The zero-order valence-electron chi connectivity index (χ0n) is 12.5. The van der Waals surface area contributed by atoms with E-state index in [0.717, 1.165) is 34.7 Å². The zero-order chi connectivity index (χ0) is 15.3. The van der Waals surface area contributed by atoms with Gasteiger partial charge in [-0.25, -0.2) is 0 Å². The molecule has 2 N–H and O–H groups in total. The first kappa shape index (κ1) is 12.7. The fraction of sp³-hybridized carbons (Fsp3) is 0.421. The molecule has 2 aromatic carbocycles. The molecular formula is C19H18O3. The summed E-state index contributed by atoms with van der Waals surface area (Å²) in [5.41, 5.74) is 1.63. The van der Waals surface area contributed by atoms with E-state index in [1.807, 2.05) is 12.1 Å². The summed E-state index contributed by atoms with van der Waals surface area (Å²) in [6, 6.07) is 9.27. The van der Waals surface area contributed by atoms with Gasteiger partial charge < -0.3 is 10.2 Å². The van der Waals surface area contributed by atoms with Crippen molar-refractivity contribution in [1.82, 2.24) is 0 Å². The number of aliphatic hydroxyl groups is 1. The van der Waals surface area contributed by atoms with Crippen molar-refractivity contribution in [3.05, 3.63) is 41.5 Å². The van der Waals surface area contributed by atoms with E-state index < -0.39 is 0 Å². The van der Waals surface area contributed by atoms with Gasteiger partial charge in [-0.2, -0.15) is 0 Å². The third-order valence-corrected chi connectivity index (χ3v) is 6.66. The Morgan fingerprint density at radius 1 is 1.23 bits per heavy atom. The van der Waals surface area contributed by atoms with Crippen molar-refractivity contribution in [2.45, 2.75) is 37.7 Å². The van der Waals surface area contributed by atoms with Crippen LogP contribution in [-0.2, 0) is 5.41 Å². The second-order valence-electron chi connectivity index (χ2n) is 7.53. The third-order valence-electron chi connectivity index (χ3n) is 6.66. The Morgan fingerprint density at radius 3 is 2.86 bits per heavy atom.